The Morgan fingerprint density at radius 3 is 2.62 bits per heavy atom. The van der Waals surface area contributed by atoms with E-state index in [2.05, 4.69) is 16.4 Å². The Labute approximate surface area is 165 Å². The molecular weight excluding hydrogens is 389 g/mol. The highest BCUT2D eigenvalue weighted by Crippen LogP contribution is 2.30. The molecule has 130 valence electrons. The minimum absolute atomic E-state index is 0.442. The van der Waals surface area contributed by atoms with Crippen LogP contribution in [0.1, 0.15) is 5.01 Å². The van der Waals surface area contributed by atoms with E-state index in [0.29, 0.717) is 20.6 Å². The molecule has 0 atom stereocenters. The van der Waals surface area contributed by atoms with Crippen LogP contribution in [0.3, 0.4) is 0 Å². The molecule has 0 aliphatic rings. The molecule has 1 aromatic heterocycles. The Kier molecular flexibility index (Phi) is 5.79. The smallest absolute Gasteiger partial charge is 0.136 e. The molecule has 0 aliphatic carbocycles. The third-order valence-corrected chi connectivity index (χ3v) is 5.16. The summed E-state index contributed by atoms with van der Waals surface area (Å²) >= 11 is 13.4. The molecule has 3 rings (SSSR count). The van der Waals surface area contributed by atoms with E-state index in [1.165, 1.54) is 11.3 Å². The van der Waals surface area contributed by atoms with Gasteiger partial charge in [-0.1, -0.05) is 29.3 Å². The van der Waals surface area contributed by atoms with Crippen molar-refractivity contribution in [3.63, 3.8) is 0 Å². The summed E-state index contributed by atoms with van der Waals surface area (Å²) in [5.74, 6) is 0.770. The molecule has 0 saturated carbocycles. The Balaban J connectivity index is 1.81. The Hall–Kier alpha value is -2.52. The second kappa shape index (κ2) is 8.24. The minimum atomic E-state index is 0.442. The maximum Gasteiger partial charge on any atom is 0.136 e. The van der Waals surface area contributed by atoms with Crippen molar-refractivity contribution < 1.29 is 4.74 Å². The lowest BCUT2D eigenvalue weighted by Crippen LogP contribution is -1.91. The van der Waals surface area contributed by atoms with Crippen LogP contribution in [0.15, 0.2) is 54.0 Å². The first-order valence-electron chi connectivity index (χ1n) is 7.53. The van der Waals surface area contributed by atoms with E-state index in [9.17, 15) is 5.26 Å². The molecule has 2 aromatic carbocycles. The molecule has 1 N–H and O–H groups in total. The number of halogens is 2. The molecule has 3 aromatic rings. The van der Waals surface area contributed by atoms with E-state index in [1.54, 1.807) is 25.4 Å². The van der Waals surface area contributed by atoms with Crippen molar-refractivity contribution >= 4 is 45.8 Å². The SMILES string of the molecule is COc1ccc(NC=C(C#N)c2nc(-c3ccc(Cl)c(Cl)c3)cs2)cc1. The zero-order valence-electron chi connectivity index (χ0n) is 13.7. The van der Waals surface area contributed by atoms with E-state index in [1.807, 2.05) is 35.7 Å². The molecule has 0 unspecified atom stereocenters. The molecule has 0 fully saturated rings. The predicted octanol–water partition coefficient (Wildman–Crippen LogP) is 6.10. The summed E-state index contributed by atoms with van der Waals surface area (Å²) in [6, 6.07) is 14.9. The van der Waals surface area contributed by atoms with Gasteiger partial charge in [0.05, 0.1) is 22.8 Å². The number of ether oxygens (including phenoxy) is 1. The summed E-state index contributed by atoms with van der Waals surface area (Å²) in [6.45, 7) is 0. The number of thiazole rings is 1. The van der Waals surface area contributed by atoms with Gasteiger partial charge < -0.3 is 10.1 Å². The van der Waals surface area contributed by atoms with Gasteiger partial charge in [-0.25, -0.2) is 4.98 Å². The Morgan fingerprint density at radius 1 is 1.19 bits per heavy atom. The van der Waals surface area contributed by atoms with E-state index >= 15 is 0 Å². The van der Waals surface area contributed by atoms with Crippen LogP contribution in [0.25, 0.3) is 16.8 Å². The first kappa shape index (κ1) is 18.3. The highest BCUT2D eigenvalue weighted by Gasteiger charge is 2.10. The monoisotopic (exact) mass is 401 g/mol. The van der Waals surface area contributed by atoms with Crippen LogP contribution in [0.5, 0.6) is 5.75 Å². The molecule has 7 heteroatoms. The lowest BCUT2D eigenvalue weighted by Gasteiger charge is -2.03. The van der Waals surface area contributed by atoms with Crippen molar-refractivity contribution in [2.75, 3.05) is 12.4 Å². The zero-order valence-corrected chi connectivity index (χ0v) is 16.0. The summed E-state index contributed by atoms with van der Waals surface area (Å²) < 4.78 is 5.12. The van der Waals surface area contributed by atoms with Gasteiger partial charge in [-0.15, -0.1) is 11.3 Å². The van der Waals surface area contributed by atoms with Crippen LogP contribution in [0.2, 0.25) is 10.0 Å². The summed E-state index contributed by atoms with van der Waals surface area (Å²) in [4.78, 5) is 4.53. The lowest BCUT2D eigenvalue weighted by molar-refractivity contribution is 0.415. The number of benzene rings is 2. The molecule has 0 aliphatic heterocycles. The van der Waals surface area contributed by atoms with Crippen molar-refractivity contribution in [3.05, 3.63) is 69.1 Å². The van der Waals surface area contributed by atoms with Gasteiger partial charge in [0, 0.05) is 22.8 Å². The van der Waals surface area contributed by atoms with Gasteiger partial charge in [0.15, 0.2) is 0 Å². The molecule has 1 heterocycles. The van der Waals surface area contributed by atoms with Crippen molar-refractivity contribution in [1.82, 2.24) is 4.98 Å². The average molecular weight is 402 g/mol. The fraction of sp³-hybridized carbons (Fsp3) is 0.0526. The summed E-state index contributed by atoms with van der Waals surface area (Å²) in [7, 11) is 1.62. The quantitative estimate of drug-likeness (QED) is 0.524. The summed E-state index contributed by atoms with van der Waals surface area (Å²) in [6.07, 6.45) is 1.64. The number of rotatable bonds is 5. The van der Waals surface area contributed by atoms with Crippen LogP contribution in [0.4, 0.5) is 5.69 Å². The van der Waals surface area contributed by atoms with Crippen LogP contribution in [-0.4, -0.2) is 12.1 Å². The number of nitrogens with zero attached hydrogens (tertiary/aromatic N) is 2. The van der Waals surface area contributed by atoms with Gasteiger partial charge >= 0.3 is 0 Å². The average Bonchev–Trinajstić information content (AvgIpc) is 3.15. The molecule has 0 radical (unpaired) electrons. The highest BCUT2D eigenvalue weighted by atomic mass is 35.5. The summed E-state index contributed by atoms with van der Waals surface area (Å²) in [5, 5.41) is 16.0. The zero-order chi connectivity index (χ0) is 18.5. The number of hydrogen-bond donors (Lipinski definition) is 1. The number of anilines is 1. The van der Waals surface area contributed by atoms with E-state index in [-0.39, 0.29) is 0 Å². The summed E-state index contributed by atoms with van der Waals surface area (Å²) in [5.41, 5.74) is 2.88. The molecule has 0 bridgehead atoms. The minimum Gasteiger partial charge on any atom is -0.497 e. The maximum absolute atomic E-state index is 9.45. The van der Waals surface area contributed by atoms with Gasteiger partial charge in [-0.2, -0.15) is 5.26 Å². The number of aromatic nitrogens is 1. The van der Waals surface area contributed by atoms with Gasteiger partial charge in [0.2, 0.25) is 0 Å². The second-order valence-electron chi connectivity index (χ2n) is 5.21. The molecule has 0 spiro atoms. The van der Waals surface area contributed by atoms with Crippen molar-refractivity contribution in [3.8, 4) is 23.1 Å². The van der Waals surface area contributed by atoms with Gasteiger partial charge in [-0.3, -0.25) is 0 Å². The molecule has 0 saturated heterocycles. The van der Waals surface area contributed by atoms with Gasteiger partial charge in [-0.05, 0) is 36.4 Å². The maximum atomic E-state index is 9.45. The topological polar surface area (TPSA) is 57.9 Å². The van der Waals surface area contributed by atoms with Crippen LogP contribution in [0, 0.1) is 11.3 Å². The van der Waals surface area contributed by atoms with Crippen LogP contribution in [-0.2, 0) is 0 Å². The van der Waals surface area contributed by atoms with E-state index < -0.39 is 0 Å². The number of hydrogen-bond acceptors (Lipinski definition) is 5. The highest BCUT2D eigenvalue weighted by molar-refractivity contribution is 7.11. The number of methoxy groups -OCH3 is 1. The first-order chi connectivity index (χ1) is 12.6. The van der Waals surface area contributed by atoms with Crippen LogP contribution >= 0.6 is 34.5 Å². The number of allylic oxidation sites excluding steroid dienone is 1. The molecule has 0 amide bonds. The van der Waals surface area contributed by atoms with E-state index in [0.717, 1.165) is 22.7 Å². The van der Waals surface area contributed by atoms with Crippen molar-refractivity contribution in [2.45, 2.75) is 0 Å². The standard InChI is InChI=1S/C19H13Cl2N3OS/c1-25-15-5-3-14(4-6-15)23-10-13(9-22)19-24-18(11-26-19)12-2-7-16(20)17(21)8-12/h2-8,10-11,23H,1H3. The Morgan fingerprint density at radius 2 is 1.96 bits per heavy atom. The third-order valence-electron chi connectivity index (χ3n) is 3.54. The Bertz CT molecular complexity index is 991. The van der Waals surface area contributed by atoms with Gasteiger partial charge in [0.25, 0.3) is 0 Å². The van der Waals surface area contributed by atoms with Crippen molar-refractivity contribution in [2.24, 2.45) is 0 Å². The molecular formula is C19H13Cl2N3OS. The van der Waals surface area contributed by atoms with Gasteiger partial charge in [0.1, 0.15) is 22.4 Å². The largest absolute Gasteiger partial charge is 0.497 e. The normalized spacial score (nSPS) is 11.1. The number of nitrogens with one attached hydrogen (secondary N) is 1. The predicted molar refractivity (Wildman–Crippen MR) is 108 cm³/mol. The van der Waals surface area contributed by atoms with Crippen LogP contribution < -0.4 is 10.1 Å². The number of nitriles is 1. The van der Waals surface area contributed by atoms with E-state index in [4.69, 9.17) is 27.9 Å². The first-order valence-corrected chi connectivity index (χ1v) is 9.16. The molecule has 26 heavy (non-hydrogen) atoms. The lowest BCUT2D eigenvalue weighted by atomic mass is 10.2. The second-order valence-corrected chi connectivity index (χ2v) is 6.88. The fourth-order valence-corrected chi connectivity index (χ4v) is 3.26. The molecule has 4 nitrogen and oxygen atoms in total. The third kappa shape index (κ3) is 4.17. The fourth-order valence-electron chi connectivity index (χ4n) is 2.17. The van der Waals surface area contributed by atoms with Crippen molar-refractivity contribution in [1.29, 1.82) is 5.26 Å².